The van der Waals surface area contributed by atoms with Gasteiger partial charge in [-0.15, -0.1) is 0 Å². The Morgan fingerprint density at radius 1 is 0.881 bits per heavy atom. The molecule has 4 aliphatic heterocycles. The van der Waals surface area contributed by atoms with Gasteiger partial charge in [-0.05, 0) is 47.9 Å². The highest BCUT2D eigenvalue weighted by Crippen LogP contribution is 2.57. The number of methoxy groups -OCH3 is 2. The van der Waals surface area contributed by atoms with Crippen molar-refractivity contribution in [2.75, 3.05) is 34.2 Å². The van der Waals surface area contributed by atoms with E-state index in [-0.39, 0.29) is 37.3 Å². The average molecular weight is 589 g/mol. The standard InChI is InChI=1S/C29H32O13/c1-11-36-9-20-27(40-11)24(31)25(32)29(41-20)42-26-14-7-17-16(38-10-39-17)6-13(14)21(22-15(26)8-37-28(22)33)12-4-18(34-2)23(30)19(5-12)35-3/h4-7,11,15,20-22,24-27,29-32H,8-10H2,1-3H3/t11-,15-,20-,21-,22+,24-,25-,26+,27+,29+/m1/s1. The predicted molar refractivity (Wildman–Crippen MR) is 138 cm³/mol. The van der Waals surface area contributed by atoms with Crippen molar-refractivity contribution in [3.63, 3.8) is 0 Å². The number of phenolic OH excluding ortho intramolecular Hbond substituents is 1. The van der Waals surface area contributed by atoms with Gasteiger partial charge < -0.3 is 58.0 Å². The number of hydrogen-bond acceptors (Lipinski definition) is 13. The lowest BCUT2D eigenvalue weighted by atomic mass is 9.66. The number of fused-ring (bicyclic) bond motifs is 4. The lowest BCUT2D eigenvalue weighted by Crippen LogP contribution is -2.63. The zero-order valence-corrected chi connectivity index (χ0v) is 23.1. The Morgan fingerprint density at radius 3 is 2.26 bits per heavy atom. The first-order valence-corrected chi connectivity index (χ1v) is 13.8. The van der Waals surface area contributed by atoms with Crippen LogP contribution < -0.4 is 18.9 Å². The van der Waals surface area contributed by atoms with Gasteiger partial charge >= 0.3 is 5.97 Å². The number of carbonyl (C=O) groups excluding carboxylic acids is 1. The van der Waals surface area contributed by atoms with Crippen LogP contribution in [0.1, 0.15) is 35.6 Å². The van der Waals surface area contributed by atoms with Gasteiger partial charge in [0.05, 0.1) is 39.5 Å². The smallest absolute Gasteiger partial charge is 0.310 e. The Kier molecular flexibility index (Phi) is 6.83. The highest BCUT2D eigenvalue weighted by molar-refractivity contribution is 5.79. The van der Waals surface area contributed by atoms with Crippen LogP contribution in [-0.4, -0.2) is 92.5 Å². The fraction of sp³-hybridized carbons (Fsp3) is 0.552. The number of phenols is 1. The first kappa shape index (κ1) is 27.5. The van der Waals surface area contributed by atoms with Crippen molar-refractivity contribution >= 4 is 5.97 Å². The minimum atomic E-state index is -1.44. The zero-order valence-electron chi connectivity index (χ0n) is 23.1. The molecule has 0 bridgehead atoms. The second-order valence-electron chi connectivity index (χ2n) is 11.0. The molecule has 0 amide bonds. The van der Waals surface area contributed by atoms with Crippen LogP contribution in [-0.2, 0) is 28.5 Å². The lowest BCUT2D eigenvalue weighted by molar-refractivity contribution is -0.364. The van der Waals surface area contributed by atoms with Gasteiger partial charge in [0, 0.05) is 11.8 Å². The summed E-state index contributed by atoms with van der Waals surface area (Å²) in [6.45, 7) is 1.93. The highest BCUT2D eigenvalue weighted by atomic mass is 16.8. The number of hydrogen-bond donors (Lipinski definition) is 3. The van der Waals surface area contributed by atoms with Crippen LogP contribution in [0.5, 0.6) is 28.7 Å². The predicted octanol–water partition coefficient (Wildman–Crippen LogP) is 1.34. The Morgan fingerprint density at radius 2 is 1.57 bits per heavy atom. The van der Waals surface area contributed by atoms with Gasteiger partial charge in [-0.1, -0.05) is 0 Å². The summed E-state index contributed by atoms with van der Waals surface area (Å²) < 4.78 is 51.5. The zero-order chi connectivity index (χ0) is 29.3. The van der Waals surface area contributed by atoms with Gasteiger partial charge in [-0.2, -0.15) is 0 Å². The van der Waals surface area contributed by atoms with Crippen LogP contribution in [0.4, 0.5) is 0 Å². The van der Waals surface area contributed by atoms with Gasteiger partial charge in [0.2, 0.25) is 12.5 Å². The Balaban J connectivity index is 1.32. The molecular weight excluding hydrogens is 556 g/mol. The average Bonchev–Trinajstić information content (AvgIpc) is 3.61. The van der Waals surface area contributed by atoms with Crippen molar-refractivity contribution in [1.29, 1.82) is 0 Å². The SMILES string of the molecule is COc1cc([C@@H]2c3cc4c(cc3[C@H](O[C@@H]3O[C@@H]5CO[C@@H](C)O[C@@H]5[C@H](O)[C@H]3O)[C@@H]3COC(=O)[C@H]23)OCO4)cc(OC)c1O. The molecule has 42 heavy (non-hydrogen) atoms. The monoisotopic (exact) mass is 588 g/mol. The minimum absolute atomic E-state index is 0.0301. The summed E-state index contributed by atoms with van der Waals surface area (Å²) >= 11 is 0. The molecule has 2 aromatic carbocycles. The van der Waals surface area contributed by atoms with E-state index in [1.165, 1.54) is 14.2 Å². The van der Waals surface area contributed by atoms with Gasteiger partial charge in [-0.25, -0.2) is 0 Å². The van der Waals surface area contributed by atoms with Crippen molar-refractivity contribution in [3.05, 3.63) is 41.0 Å². The Hall–Kier alpha value is -3.33. The highest BCUT2D eigenvalue weighted by Gasteiger charge is 2.56. The van der Waals surface area contributed by atoms with E-state index in [0.29, 0.717) is 28.2 Å². The number of aliphatic hydroxyl groups excluding tert-OH is 2. The van der Waals surface area contributed by atoms with Crippen molar-refractivity contribution in [2.45, 2.75) is 55.9 Å². The molecule has 0 spiro atoms. The first-order valence-electron chi connectivity index (χ1n) is 13.8. The molecule has 3 N–H and O–H groups in total. The largest absolute Gasteiger partial charge is 0.502 e. The summed E-state index contributed by atoms with van der Waals surface area (Å²) in [5, 5.41) is 32.5. The van der Waals surface area contributed by atoms with E-state index in [4.69, 9.17) is 42.6 Å². The third-order valence-electron chi connectivity index (χ3n) is 8.75. The second-order valence-corrected chi connectivity index (χ2v) is 11.0. The second kappa shape index (κ2) is 10.4. The molecule has 0 unspecified atom stereocenters. The quantitative estimate of drug-likeness (QED) is 0.430. The molecule has 7 rings (SSSR count). The molecule has 1 aliphatic carbocycles. The normalized spacial score (nSPS) is 36.5. The van der Waals surface area contributed by atoms with E-state index in [2.05, 4.69) is 0 Å². The maximum atomic E-state index is 13.4. The Bertz CT molecular complexity index is 1350. The number of ether oxygens (including phenoxy) is 9. The summed E-state index contributed by atoms with van der Waals surface area (Å²) in [5.41, 5.74) is 2.01. The molecule has 13 nitrogen and oxygen atoms in total. The molecule has 13 heteroatoms. The molecule has 10 atom stereocenters. The number of benzene rings is 2. The Labute approximate surface area is 240 Å². The molecular formula is C29H32O13. The lowest BCUT2D eigenvalue weighted by Gasteiger charge is -2.47. The van der Waals surface area contributed by atoms with Crippen LogP contribution in [0.15, 0.2) is 24.3 Å². The number of rotatable bonds is 5. The summed E-state index contributed by atoms with van der Waals surface area (Å²) in [5.74, 6) is -1.02. The minimum Gasteiger partial charge on any atom is -0.502 e. The topological polar surface area (TPSA) is 161 Å². The third-order valence-corrected chi connectivity index (χ3v) is 8.75. The molecule has 3 fully saturated rings. The molecule has 5 aliphatic rings. The van der Waals surface area contributed by atoms with Crippen LogP contribution in [0.3, 0.4) is 0 Å². The molecule has 4 heterocycles. The van der Waals surface area contributed by atoms with Crippen molar-refractivity contribution in [1.82, 2.24) is 0 Å². The van der Waals surface area contributed by atoms with E-state index >= 15 is 0 Å². The summed E-state index contributed by atoms with van der Waals surface area (Å²) in [6, 6.07) is 6.93. The maximum Gasteiger partial charge on any atom is 0.310 e. The van der Waals surface area contributed by atoms with Crippen molar-refractivity contribution in [2.24, 2.45) is 11.8 Å². The fourth-order valence-electron chi connectivity index (χ4n) is 6.74. The number of carbonyl (C=O) groups is 1. The summed E-state index contributed by atoms with van der Waals surface area (Å²) in [6.07, 6.45) is -6.80. The molecule has 0 saturated carbocycles. The van der Waals surface area contributed by atoms with Gasteiger partial charge in [0.1, 0.15) is 24.4 Å². The van der Waals surface area contributed by atoms with E-state index in [1.807, 2.05) is 0 Å². The molecule has 226 valence electrons. The molecule has 3 saturated heterocycles. The van der Waals surface area contributed by atoms with E-state index < -0.39 is 66.8 Å². The van der Waals surface area contributed by atoms with E-state index in [0.717, 1.165) is 0 Å². The van der Waals surface area contributed by atoms with E-state index in [1.54, 1.807) is 31.2 Å². The summed E-state index contributed by atoms with van der Waals surface area (Å²) in [4.78, 5) is 13.4. The molecule has 2 aromatic rings. The third kappa shape index (κ3) is 4.26. The van der Waals surface area contributed by atoms with Gasteiger partial charge in [0.25, 0.3) is 0 Å². The maximum absolute atomic E-state index is 13.4. The van der Waals surface area contributed by atoms with Crippen LogP contribution >= 0.6 is 0 Å². The molecule has 0 aromatic heterocycles. The van der Waals surface area contributed by atoms with Crippen molar-refractivity contribution in [3.8, 4) is 28.7 Å². The van der Waals surface area contributed by atoms with Crippen molar-refractivity contribution < 1.29 is 62.7 Å². The van der Waals surface area contributed by atoms with Gasteiger partial charge in [0.15, 0.2) is 35.6 Å². The van der Waals surface area contributed by atoms with Crippen LogP contribution in [0.2, 0.25) is 0 Å². The number of esters is 1. The number of cyclic esters (lactones) is 1. The van der Waals surface area contributed by atoms with Gasteiger partial charge in [-0.3, -0.25) is 4.79 Å². The molecule has 0 radical (unpaired) electrons. The fourth-order valence-corrected chi connectivity index (χ4v) is 6.74. The summed E-state index contributed by atoms with van der Waals surface area (Å²) in [7, 11) is 2.86. The van der Waals surface area contributed by atoms with Crippen LogP contribution in [0.25, 0.3) is 0 Å². The number of aliphatic hydroxyl groups is 2. The van der Waals surface area contributed by atoms with E-state index in [9.17, 15) is 20.1 Å². The number of aromatic hydroxyl groups is 1. The first-order chi connectivity index (χ1) is 20.3. The van der Waals surface area contributed by atoms with Crippen LogP contribution in [0, 0.1) is 11.8 Å².